The number of ether oxygens (including phenoxy) is 2. The summed E-state index contributed by atoms with van der Waals surface area (Å²) < 4.78 is 25.5. The number of halogens is 1. The summed E-state index contributed by atoms with van der Waals surface area (Å²) in [5.74, 6) is 0.344. The molecule has 0 bridgehead atoms. The van der Waals surface area contributed by atoms with Crippen molar-refractivity contribution in [2.24, 2.45) is 0 Å². The third-order valence-electron chi connectivity index (χ3n) is 5.81. The van der Waals surface area contributed by atoms with E-state index in [1.165, 1.54) is 12.1 Å². The number of hydrogen-bond donors (Lipinski definition) is 0. The average molecular weight is 449 g/mol. The van der Waals surface area contributed by atoms with E-state index >= 15 is 0 Å². The van der Waals surface area contributed by atoms with Gasteiger partial charge in [0.15, 0.2) is 0 Å². The highest BCUT2D eigenvalue weighted by molar-refractivity contribution is 7.09. The minimum atomic E-state index is -0.760. The molecule has 0 saturated carbocycles. The van der Waals surface area contributed by atoms with Gasteiger partial charge in [0.1, 0.15) is 28.8 Å². The number of aromatic nitrogens is 1. The fraction of sp³-hybridized carbons (Fsp3) is 0.545. The molecule has 0 spiro atoms. The molecule has 2 fully saturated rings. The number of carbonyl (C=O) groups is 1. The van der Waals surface area contributed by atoms with Crippen molar-refractivity contribution in [3.8, 4) is 5.75 Å². The van der Waals surface area contributed by atoms with Crippen LogP contribution in [0.5, 0.6) is 5.75 Å². The number of carbonyl (C=O) groups excluding carboxylic acids is 1. The Bertz CT molecular complexity index is 843. The molecular formula is C22H29FN4O3S. The van der Waals surface area contributed by atoms with E-state index in [0.717, 1.165) is 44.3 Å². The number of hydrogen-bond acceptors (Lipinski definition) is 7. The van der Waals surface area contributed by atoms with E-state index in [4.69, 9.17) is 9.47 Å². The van der Waals surface area contributed by atoms with Crippen LogP contribution in [0.15, 0.2) is 35.8 Å². The molecule has 3 heterocycles. The number of benzene rings is 1. The van der Waals surface area contributed by atoms with E-state index < -0.39 is 5.60 Å². The van der Waals surface area contributed by atoms with Crippen LogP contribution in [0.2, 0.25) is 0 Å². The number of thiazole rings is 1. The molecule has 2 aliphatic heterocycles. The van der Waals surface area contributed by atoms with Crippen molar-refractivity contribution in [1.29, 1.82) is 0 Å². The molecule has 168 valence electrons. The number of likely N-dealkylation sites (N-methyl/N-ethyl adjacent to an activating group) is 1. The zero-order valence-electron chi connectivity index (χ0n) is 17.8. The van der Waals surface area contributed by atoms with Gasteiger partial charge in [-0.3, -0.25) is 9.69 Å². The van der Waals surface area contributed by atoms with E-state index in [9.17, 15) is 9.18 Å². The van der Waals surface area contributed by atoms with E-state index in [0.29, 0.717) is 18.9 Å². The number of rotatable bonds is 7. The number of morpholine rings is 1. The van der Waals surface area contributed by atoms with E-state index in [-0.39, 0.29) is 24.8 Å². The van der Waals surface area contributed by atoms with Crippen molar-refractivity contribution in [3.05, 3.63) is 46.7 Å². The second-order valence-electron chi connectivity index (χ2n) is 8.27. The lowest BCUT2D eigenvalue weighted by Gasteiger charge is -2.43. The van der Waals surface area contributed by atoms with E-state index in [1.54, 1.807) is 23.5 Å². The highest BCUT2D eigenvalue weighted by Crippen LogP contribution is 2.27. The van der Waals surface area contributed by atoms with Crippen molar-refractivity contribution in [2.45, 2.75) is 18.6 Å². The van der Waals surface area contributed by atoms with Crippen LogP contribution in [0.25, 0.3) is 0 Å². The maximum Gasteiger partial charge on any atom is 0.225 e. The summed E-state index contributed by atoms with van der Waals surface area (Å²) in [4.78, 5) is 24.0. The summed E-state index contributed by atoms with van der Waals surface area (Å²) in [5, 5.41) is 3.01. The molecule has 1 unspecified atom stereocenters. The predicted molar refractivity (Wildman–Crippen MR) is 117 cm³/mol. The van der Waals surface area contributed by atoms with Crippen molar-refractivity contribution >= 4 is 17.2 Å². The molecule has 7 nitrogen and oxygen atoms in total. The Labute approximate surface area is 186 Å². The molecule has 0 aliphatic carbocycles. The standard InChI is InChI=1S/C22H29FN4O3S/c1-25-7-9-27(10-8-25)21(28)14-22(17-29-19-4-2-18(23)3-5-19)16-26(11-12-30-22)15-20-24-6-13-31-20/h2-6,13H,7-12,14-17H2,1H3. The zero-order chi connectivity index (χ0) is 21.7. The monoisotopic (exact) mass is 448 g/mol. The average Bonchev–Trinajstić information content (AvgIpc) is 3.27. The maximum atomic E-state index is 13.2. The second-order valence-corrected chi connectivity index (χ2v) is 9.25. The molecule has 1 atom stereocenters. The largest absolute Gasteiger partial charge is 0.491 e. The molecule has 1 aromatic carbocycles. The van der Waals surface area contributed by atoms with E-state index in [1.807, 2.05) is 16.5 Å². The van der Waals surface area contributed by atoms with Crippen LogP contribution in [0.4, 0.5) is 4.39 Å². The van der Waals surface area contributed by atoms with Gasteiger partial charge in [-0.05, 0) is 31.3 Å². The number of piperazine rings is 1. The Morgan fingerprint density at radius 1 is 1.23 bits per heavy atom. The second kappa shape index (κ2) is 10.0. The van der Waals surface area contributed by atoms with Crippen LogP contribution in [0.3, 0.4) is 0 Å². The molecule has 31 heavy (non-hydrogen) atoms. The SMILES string of the molecule is CN1CCN(C(=O)CC2(COc3ccc(F)cc3)CN(Cc3nccs3)CCO2)CC1. The van der Waals surface area contributed by atoms with Crippen LogP contribution in [0.1, 0.15) is 11.4 Å². The first kappa shape index (κ1) is 22.1. The van der Waals surface area contributed by atoms with Gasteiger partial charge in [0, 0.05) is 50.8 Å². The molecule has 4 rings (SSSR count). The Kier molecular flexibility index (Phi) is 7.16. The minimum Gasteiger partial charge on any atom is -0.491 e. The number of nitrogens with zero attached hydrogens (tertiary/aromatic N) is 4. The topological polar surface area (TPSA) is 58.1 Å². The molecule has 1 amide bonds. The summed E-state index contributed by atoms with van der Waals surface area (Å²) in [6.45, 7) is 6.04. The lowest BCUT2D eigenvalue weighted by molar-refractivity contribution is -0.157. The van der Waals surface area contributed by atoms with Gasteiger partial charge in [-0.2, -0.15) is 0 Å². The van der Waals surface area contributed by atoms with Gasteiger partial charge in [-0.15, -0.1) is 11.3 Å². The molecule has 0 N–H and O–H groups in total. The summed E-state index contributed by atoms with van der Waals surface area (Å²) in [7, 11) is 2.07. The fourth-order valence-electron chi connectivity index (χ4n) is 4.01. The Morgan fingerprint density at radius 2 is 2.00 bits per heavy atom. The predicted octanol–water partition coefficient (Wildman–Crippen LogP) is 2.10. The molecule has 0 radical (unpaired) electrons. The molecule has 1 aromatic heterocycles. The van der Waals surface area contributed by atoms with Crippen molar-refractivity contribution < 1.29 is 18.7 Å². The van der Waals surface area contributed by atoms with Crippen LogP contribution in [-0.4, -0.2) is 90.7 Å². The third-order valence-corrected chi connectivity index (χ3v) is 6.58. The number of amides is 1. The minimum absolute atomic E-state index is 0.0897. The lowest BCUT2D eigenvalue weighted by Crippen LogP contribution is -2.58. The van der Waals surface area contributed by atoms with Gasteiger partial charge in [0.25, 0.3) is 0 Å². The van der Waals surface area contributed by atoms with Gasteiger partial charge in [-0.25, -0.2) is 9.37 Å². The fourth-order valence-corrected chi connectivity index (χ4v) is 4.67. The molecule has 2 aliphatic rings. The van der Waals surface area contributed by atoms with Crippen LogP contribution in [0, 0.1) is 5.82 Å². The summed E-state index contributed by atoms with van der Waals surface area (Å²) in [6, 6.07) is 5.94. The highest BCUT2D eigenvalue weighted by atomic mass is 32.1. The zero-order valence-corrected chi connectivity index (χ0v) is 18.7. The van der Waals surface area contributed by atoms with Crippen molar-refractivity contribution in [3.63, 3.8) is 0 Å². The summed E-state index contributed by atoms with van der Waals surface area (Å²) in [5.41, 5.74) is -0.760. The van der Waals surface area contributed by atoms with Gasteiger partial charge in [0.2, 0.25) is 5.91 Å². The normalized spacial score (nSPS) is 23.1. The smallest absolute Gasteiger partial charge is 0.225 e. The highest BCUT2D eigenvalue weighted by Gasteiger charge is 2.41. The first-order valence-corrected chi connectivity index (χ1v) is 11.5. The van der Waals surface area contributed by atoms with Gasteiger partial charge < -0.3 is 19.3 Å². The quantitative estimate of drug-likeness (QED) is 0.647. The van der Waals surface area contributed by atoms with Crippen LogP contribution < -0.4 is 4.74 Å². The van der Waals surface area contributed by atoms with Gasteiger partial charge in [0.05, 0.1) is 19.6 Å². The third kappa shape index (κ3) is 6.00. The lowest BCUT2D eigenvalue weighted by atomic mass is 9.96. The van der Waals surface area contributed by atoms with Crippen LogP contribution in [-0.2, 0) is 16.1 Å². The Balaban J connectivity index is 1.46. The van der Waals surface area contributed by atoms with Crippen molar-refractivity contribution in [1.82, 2.24) is 19.7 Å². The molecular weight excluding hydrogens is 419 g/mol. The molecule has 2 saturated heterocycles. The first-order chi connectivity index (χ1) is 15.0. The van der Waals surface area contributed by atoms with Crippen molar-refractivity contribution in [2.75, 3.05) is 59.5 Å². The Morgan fingerprint density at radius 3 is 2.71 bits per heavy atom. The van der Waals surface area contributed by atoms with Gasteiger partial charge in [-0.1, -0.05) is 0 Å². The van der Waals surface area contributed by atoms with E-state index in [2.05, 4.69) is 21.8 Å². The molecule has 2 aromatic rings. The maximum absolute atomic E-state index is 13.2. The summed E-state index contributed by atoms with van der Waals surface area (Å²) >= 11 is 1.62. The Hall–Kier alpha value is -2.07. The van der Waals surface area contributed by atoms with Gasteiger partial charge >= 0.3 is 0 Å². The van der Waals surface area contributed by atoms with Crippen LogP contribution >= 0.6 is 11.3 Å². The molecule has 9 heteroatoms. The first-order valence-electron chi connectivity index (χ1n) is 10.6. The summed E-state index contributed by atoms with van der Waals surface area (Å²) in [6.07, 6.45) is 2.06.